The number of aryl methyl sites for hydroxylation is 1. The Kier molecular flexibility index (Phi) is 3.78. The summed E-state index contributed by atoms with van der Waals surface area (Å²) in [7, 11) is 0. The van der Waals surface area contributed by atoms with Crippen molar-refractivity contribution >= 4 is 17.4 Å². The van der Waals surface area contributed by atoms with E-state index < -0.39 is 5.82 Å². The molecule has 0 aromatic heterocycles. The maximum atomic E-state index is 13.1. The normalized spacial score (nSPS) is 10.4. The van der Waals surface area contributed by atoms with E-state index in [4.69, 9.17) is 11.6 Å². The Morgan fingerprint density at radius 2 is 2.00 bits per heavy atom. The molecular formula is C15H12ClFO. The smallest absolute Gasteiger partial charge is 0.167 e. The van der Waals surface area contributed by atoms with Crippen LogP contribution in [0, 0.1) is 12.7 Å². The Hall–Kier alpha value is -1.67. The summed E-state index contributed by atoms with van der Waals surface area (Å²) >= 11 is 5.86. The third kappa shape index (κ3) is 2.96. The molecule has 3 heteroatoms. The minimum absolute atomic E-state index is 0.103. The molecule has 0 atom stereocenters. The Bertz CT molecular complexity index is 593. The lowest BCUT2D eigenvalue weighted by Gasteiger charge is -2.05. The van der Waals surface area contributed by atoms with Gasteiger partial charge in [0.25, 0.3) is 0 Å². The van der Waals surface area contributed by atoms with Gasteiger partial charge in [0.1, 0.15) is 5.82 Å². The average molecular weight is 263 g/mol. The first-order chi connectivity index (χ1) is 8.56. The van der Waals surface area contributed by atoms with E-state index in [1.54, 1.807) is 31.2 Å². The fraction of sp³-hybridized carbons (Fsp3) is 0.133. The summed E-state index contributed by atoms with van der Waals surface area (Å²) in [5.41, 5.74) is 2.04. The highest BCUT2D eigenvalue weighted by Gasteiger charge is 2.11. The second-order valence-corrected chi connectivity index (χ2v) is 4.63. The van der Waals surface area contributed by atoms with Crippen molar-refractivity contribution in [2.24, 2.45) is 0 Å². The van der Waals surface area contributed by atoms with Gasteiger partial charge in [0.15, 0.2) is 5.78 Å². The molecule has 0 spiro atoms. The Balaban J connectivity index is 2.24. The van der Waals surface area contributed by atoms with Crippen molar-refractivity contribution in [2.45, 2.75) is 13.3 Å². The SMILES string of the molecule is Cc1ccc(F)cc1C(=O)Cc1cccc(Cl)c1. The van der Waals surface area contributed by atoms with Crippen molar-refractivity contribution in [1.82, 2.24) is 0 Å². The zero-order valence-corrected chi connectivity index (χ0v) is 10.7. The molecule has 0 amide bonds. The van der Waals surface area contributed by atoms with Crippen molar-refractivity contribution < 1.29 is 9.18 Å². The van der Waals surface area contributed by atoms with Crippen LogP contribution in [0.5, 0.6) is 0 Å². The Morgan fingerprint density at radius 1 is 1.22 bits per heavy atom. The number of rotatable bonds is 3. The predicted molar refractivity (Wildman–Crippen MR) is 70.6 cm³/mol. The van der Waals surface area contributed by atoms with Crippen LogP contribution in [0.1, 0.15) is 21.5 Å². The van der Waals surface area contributed by atoms with Crippen molar-refractivity contribution in [2.75, 3.05) is 0 Å². The average Bonchev–Trinajstić information content (AvgIpc) is 2.32. The van der Waals surface area contributed by atoms with Crippen molar-refractivity contribution in [1.29, 1.82) is 0 Å². The highest BCUT2D eigenvalue weighted by atomic mass is 35.5. The molecule has 0 unspecified atom stereocenters. The van der Waals surface area contributed by atoms with E-state index in [2.05, 4.69) is 0 Å². The van der Waals surface area contributed by atoms with E-state index in [-0.39, 0.29) is 12.2 Å². The molecule has 0 fully saturated rings. The Morgan fingerprint density at radius 3 is 2.72 bits per heavy atom. The maximum absolute atomic E-state index is 13.1. The maximum Gasteiger partial charge on any atom is 0.167 e. The molecule has 0 aliphatic heterocycles. The number of halogens is 2. The zero-order chi connectivity index (χ0) is 13.1. The summed E-state index contributed by atoms with van der Waals surface area (Å²) in [5, 5.41) is 0.594. The van der Waals surface area contributed by atoms with Gasteiger partial charge in [-0.3, -0.25) is 4.79 Å². The van der Waals surface area contributed by atoms with Gasteiger partial charge >= 0.3 is 0 Å². The Labute approximate surface area is 110 Å². The fourth-order valence-corrected chi connectivity index (χ4v) is 2.04. The predicted octanol–water partition coefficient (Wildman–Crippen LogP) is 4.21. The third-order valence-electron chi connectivity index (χ3n) is 2.75. The third-order valence-corrected chi connectivity index (χ3v) is 2.99. The first kappa shape index (κ1) is 12.8. The minimum atomic E-state index is -0.393. The first-order valence-electron chi connectivity index (χ1n) is 5.60. The number of carbonyl (C=O) groups is 1. The molecule has 0 aliphatic carbocycles. The van der Waals surface area contributed by atoms with Crippen LogP contribution in [0.4, 0.5) is 4.39 Å². The van der Waals surface area contributed by atoms with Gasteiger partial charge in [-0.2, -0.15) is 0 Å². The monoisotopic (exact) mass is 262 g/mol. The van der Waals surface area contributed by atoms with Crippen LogP contribution in [0.15, 0.2) is 42.5 Å². The number of carbonyl (C=O) groups excluding carboxylic acids is 1. The second-order valence-electron chi connectivity index (χ2n) is 4.19. The quantitative estimate of drug-likeness (QED) is 0.757. The van der Waals surface area contributed by atoms with Crippen molar-refractivity contribution in [3.63, 3.8) is 0 Å². The highest BCUT2D eigenvalue weighted by molar-refractivity contribution is 6.30. The van der Waals surface area contributed by atoms with E-state index in [1.165, 1.54) is 12.1 Å². The van der Waals surface area contributed by atoms with Crippen LogP contribution in [-0.2, 0) is 6.42 Å². The van der Waals surface area contributed by atoms with Crippen LogP contribution in [0.3, 0.4) is 0 Å². The second kappa shape index (κ2) is 5.32. The molecule has 0 saturated carbocycles. The lowest BCUT2D eigenvalue weighted by atomic mass is 9.99. The van der Waals surface area contributed by atoms with Gasteiger partial charge in [0, 0.05) is 17.0 Å². The van der Waals surface area contributed by atoms with Crippen molar-refractivity contribution in [3.8, 4) is 0 Å². The molecule has 18 heavy (non-hydrogen) atoms. The number of ketones is 1. The summed E-state index contributed by atoms with van der Waals surface area (Å²) in [6, 6.07) is 11.4. The van der Waals surface area contributed by atoms with Gasteiger partial charge in [-0.25, -0.2) is 4.39 Å². The summed E-state index contributed by atoms with van der Waals surface area (Å²) < 4.78 is 13.1. The molecule has 0 aliphatic rings. The van der Waals surface area contributed by atoms with Crippen LogP contribution in [0.2, 0.25) is 5.02 Å². The van der Waals surface area contributed by atoms with E-state index in [0.717, 1.165) is 11.1 Å². The number of benzene rings is 2. The molecule has 92 valence electrons. The van der Waals surface area contributed by atoms with Crippen LogP contribution in [0.25, 0.3) is 0 Å². The van der Waals surface area contributed by atoms with Gasteiger partial charge < -0.3 is 0 Å². The summed E-state index contributed by atoms with van der Waals surface area (Å²) in [6.45, 7) is 1.80. The van der Waals surface area contributed by atoms with Gasteiger partial charge in [-0.15, -0.1) is 0 Å². The van der Waals surface area contributed by atoms with Crippen LogP contribution < -0.4 is 0 Å². The summed E-state index contributed by atoms with van der Waals surface area (Å²) in [6.07, 6.45) is 0.227. The highest BCUT2D eigenvalue weighted by Crippen LogP contribution is 2.16. The topological polar surface area (TPSA) is 17.1 Å². The van der Waals surface area contributed by atoms with Gasteiger partial charge in [0.2, 0.25) is 0 Å². The molecular weight excluding hydrogens is 251 g/mol. The number of Topliss-reactive ketones (excluding diaryl/α,β-unsaturated/α-hetero) is 1. The molecule has 0 N–H and O–H groups in total. The van der Waals surface area contributed by atoms with Gasteiger partial charge in [-0.05, 0) is 42.3 Å². The lowest BCUT2D eigenvalue weighted by molar-refractivity contribution is 0.0992. The van der Waals surface area contributed by atoms with E-state index in [1.807, 2.05) is 6.07 Å². The number of hydrogen-bond donors (Lipinski definition) is 0. The molecule has 1 nitrogen and oxygen atoms in total. The fourth-order valence-electron chi connectivity index (χ4n) is 1.82. The molecule has 0 heterocycles. The molecule has 0 radical (unpaired) electrons. The minimum Gasteiger partial charge on any atom is -0.294 e. The summed E-state index contributed by atoms with van der Waals surface area (Å²) in [4.78, 5) is 12.1. The van der Waals surface area contributed by atoms with Crippen molar-refractivity contribution in [3.05, 3.63) is 70.0 Å². The van der Waals surface area contributed by atoms with E-state index in [0.29, 0.717) is 10.6 Å². The molecule has 2 aromatic rings. The van der Waals surface area contributed by atoms with Crippen LogP contribution in [-0.4, -0.2) is 5.78 Å². The lowest BCUT2D eigenvalue weighted by Crippen LogP contribution is -2.06. The van der Waals surface area contributed by atoms with Crippen LogP contribution >= 0.6 is 11.6 Å². The van der Waals surface area contributed by atoms with E-state index in [9.17, 15) is 9.18 Å². The van der Waals surface area contributed by atoms with E-state index >= 15 is 0 Å². The standard InChI is InChI=1S/C15H12ClFO/c1-10-5-6-13(17)9-14(10)15(18)8-11-3-2-4-12(16)7-11/h2-7,9H,8H2,1H3. The summed E-state index contributed by atoms with van der Waals surface area (Å²) in [5.74, 6) is -0.496. The molecule has 0 bridgehead atoms. The van der Waals surface area contributed by atoms with Gasteiger partial charge in [0.05, 0.1) is 0 Å². The molecule has 2 rings (SSSR count). The number of hydrogen-bond acceptors (Lipinski definition) is 1. The molecule has 0 saturated heterocycles. The largest absolute Gasteiger partial charge is 0.294 e. The van der Waals surface area contributed by atoms with Gasteiger partial charge in [-0.1, -0.05) is 29.8 Å². The first-order valence-corrected chi connectivity index (χ1v) is 5.98. The zero-order valence-electron chi connectivity index (χ0n) is 9.91. The molecule has 2 aromatic carbocycles.